The van der Waals surface area contributed by atoms with Crippen LogP contribution >= 0.6 is 11.6 Å². The summed E-state index contributed by atoms with van der Waals surface area (Å²) in [6.07, 6.45) is 4.81. The zero-order valence-electron chi connectivity index (χ0n) is 19.6. The van der Waals surface area contributed by atoms with Gasteiger partial charge in [-0.3, -0.25) is 4.79 Å². The average molecular weight is 532 g/mol. The van der Waals surface area contributed by atoms with Crippen LogP contribution in [-0.2, 0) is 33.4 Å². The maximum absolute atomic E-state index is 14.3. The molecule has 1 atom stereocenters. The van der Waals surface area contributed by atoms with Crippen molar-refractivity contribution >= 4 is 27.3 Å². The second kappa shape index (κ2) is 10.3. The molecule has 36 heavy (non-hydrogen) atoms. The topological polar surface area (TPSA) is 81.5 Å². The summed E-state index contributed by atoms with van der Waals surface area (Å²) < 4.78 is 48.5. The number of carbonyl (C=O) groups excluding carboxylic acids is 1. The molecule has 0 spiro atoms. The summed E-state index contributed by atoms with van der Waals surface area (Å²) >= 11 is 6.11. The van der Waals surface area contributed by atoms with Gasteiger partial charge in [-0.05, 0) is 49.9 Å². The van der Waals surface area contributed by atoms with Gasteiger partial charge >= 0.3 is 0 Å². The number of carbonyl (C=O) groups is 1. The van der Waals surface area contributed by atoms with Gasteiger partial charge in [-0.1, -0.05) is 35.9 Å². The fraction of sp³-hybridized carbons (Fsp3) is 0.385. The molecule has 190 valence electrons. The molecule has 2 fully saturated rings. The molecule has 1 saturated carbocycles. The zero-order chi connectivity index (χ0) is 25.3. The van der Waals surface area contributed by atoms with Crippen LogP contribution in [0.5, 0.6) is 0 Å². The molecule has 3 aromatic rings. The number of aromatic nitrogens is 2. The summed E-state index contributed by atoms with van der Waals surface area (Å²) in [5.74, 6) is -1.25. The van der Waals surface area contributed by atoms with E-state index in [0.29, 0.717) is 29.4 Å². The van der Waals surface area contributed by atoms with Gasteiger partial charge in [-0.2, -0.15) is 0 Å². The lowest BCUT2D eigenvalue weighted by molar-refractivity contribution is 0.0718. The molecule has 0 radical (unpaired) electrons. The van der Waals surface area contributed by atoms with E-state index in [1.807, 2.05) is 0 Å². The Kier molecular flexibility index (Phi) is 7.14. The van der Waals surface area contributed by atoms with Crippen molar-refractivity contribution in [3.63, 3.8) is 0 Å². The number of hydrogen-bond acceptors (Lipinski definition) is 5. The van der Waals surface area contributed by atoms with Crippen molar-refractivity contribution in [2.75, 3.05) is 6.61 Å². The summed E-state index contributed by atoms with van der Waals surface area (Å²) in [5, 5.41) is 0.337. The molecule has 1 saturated heterocycles. The number of hydrogen-bond donors (Lipinski definition) is 0. The van der Waals surface area contributed by atoms with Crippen LogP contribution in [0.25, 0.3) is 0 Å². The van der Waals surface area contributed by atoms with Crippen molar-refractivity contribution in [2.45, 2.75) is 61.8 Å². The Labute approximate surface area is 214 Å². The minimum atomic E-state index is -3.97. The van der Waals surface area contributed by atoms with Gasteiger partial charge in [0.1, 0.15) is 5.82 Å². The maximum atomic E-state index is 14.3. The number of imidazole rings is 1. The largest absolute Gasteiger partial charge is 0.376 e. The third kappa shape index (κ3) is 5.48. The Morgan fingerprint density at radius 2 is 1.97 bits per heavy atom. The Morgan fingerprint density at radius 1 is 1.17 bits per heavy atom. The first-order valence-electron chi connectivity index (χ1n) is 12.0. The highest BCUT2D eigenvalue weighted by molar-refractivity contribution is 7.90. The number of amides is 1. The van der Waals surface area contributed by atoms with Crippen LogP contribution in [0.15, 0.2) is 59.9 Å². The van der Waals surface area contributed by atoms with Crippen molar-refractivity contribution < 1.29 is 22.3 Å². The number of ether oxygens (including phenoxy) is 1. The highest BCUT2D eigenvalue weighted by atomic mass is 35.5. The fourth-order valence-electron chi connectivity index (χ4n) is 4.55. The summed E-state index contributed by atoms with van der Waals surface area (Å²) in [5.41, 5.74) is 1.16. The van der Waals surface area contributed by atoms with Crippen molar-refractivity contribution in [1.29, 1.82) is 0 Å². The monoisotopic (exact) mass is 531 g/mol. The van der Waals surface area contributed by atoms with Gasteiger partial charge in [0.2, 0.25) is 15.0 Å². The summed E-state index contributed by atoms with van der Waals surface area (Å²) in [7, 11) is -3.97. The van der Waals surface area contributed by atoms with Gasteiger partial charge in [0.05, 0.1) is 36.8 Å². The van der Waals surface area contributed by atoms with E-state index < -0.39 is 21.4 Å². The number of rotatable bonds is 9. The van der Waals surface area contributed by atoms with Gasteiger partial charge in [0.25, 0.3) is 5.91 Å². The normalized spacial score (nSPS) is 17.9. The van der Waals surface area contributed by atoms with E-state index in [-0.39, 0.29) is 35.3 Å². The third-order valence-corrected chi connectivity index (χ3v) is 8.35. The molecule has 2 aromatic carbocycles. The highest BCUT2D eigenvalue weighted by Gasteiger charge is 2.35. The molecule has 1 amide bonds. The predicted molar refractivity (Wildman–Crippen MR) is 133 cm³/mol. The molecule has 0 N–H and O–H groups in total. The van der Waals surface area contributed by atoms with Crippen LogP contribution in [-0.4, -0.2) is 47.5 Å². The molecule has 1 aromatic heterocycles. The van der Waals surface area contributed by atoms with Crippen molar-refractivity contribution in [2.24, 2.45) is 0 Å². The highest BCUT2D eigenvalue weighted by Crippen LogP contribution is 2.31. The SMILES string of the molecule is O=C(c1cccc(Cl)c1)N(Cc1cnc(S(=O)(=O)Cc2ccccc2F)n1C[C@H]1CCCO1)C1CC1. The van der Waals surface area contributed by atoms with E-state index in [1.54, 1.807) is 39.8 Å². The molecule has 1 aliphatic carbocycles. The number of halogens is 2. The van der Waals surface area contributed by atoms with Crippen molar-refractivity contribution in [3.8, 4) is 0 Å². The predicted octanol–water partition coefficient (Wildman–Crippen LogP) is 4.63. The minimum absolute atomic E-state index is 0.0704. The lowest BCUT2D eigenvalue weighted by atomic mass is 10.2. The number of benzene rings is 2. The summed E-state index contributed by atoms with van der Waals surface area (Å²) in [6, 6.07) is 12.7. The van der Waals surface area contributed by atoms with E-state index in [0.717, 1.165) is 25.7 Å². The van der Waals surface area contributed by atoms with E-state index in [9.17, 15) is 17.6 Å². The summed E-state index contributed by atoms with van der Waals surface area (Å²) in [6.45, 7) is 1.11. The van der Waals surface area contributed by atoms with E-state index >= 15 is 0 Å². The fourth-order valence-corrected chi connectivity index (χ4v) is 6.26. The zero-order valence-corrected chi connectivity index (χ0v) is 21.2. The van der Waals surface area contributed by atoms with Crippen LogP contribution in [0.3, 0.4) is 0 Å². The Balaban J connectivity index is 1.48. The first-order valence-corrected chi connectivity index (χ1v) is 14.0. The van der Waals surface area contributed by atoms with Gasteiger partial charge in [0.15, 0.2) is 0 Å². The molecule has 5 rings (SSSR count). The van der Waals surface area contributed by atoms with Crippen LogP contribution in [0, 0.1) is 5.82 Å². The van der Waals surface area contributed by atoms with Crippen LogP contribution in [0.2, 0.25) is 5.02 Å². The van der Waals surface area contributed by atoms with Gasteiger partial charge in [-0.15, -0.1) is 0 Å². The lowest BCUT2D eigenvalue weighted by Crippen LogP contribution is -2.34. The molecular weight excluding hydrogens is 505 g/mol. The first kappa shape index (κ1) is 24.9. The maximum Gasteiger partial charge on any atom is 0.254 e. The molecule has 0 bridgehead atoms. The molecular formula is C26H27ClFN3O4S. The average Bonchev–Trinajstić information content (AvgIpc) is 3.40. The smallest absolute Gasteiger partial charge is 0.254 e. The number of sulfone groups is 1. The van der Waals surface area contributed by atoms with E-state index in [2.05, 4.69) is 4.98 Å². The van der Waals surface area contributed by atoms with Crippen LogP contribution in [0.1, 0.15) is 47.3 Å². The lowest BCUT2D eigenvalue weighted by Gasteiger charge is -2.24. The van der Waals surface area contributed by atoms with Crippen LogP contribution in [0.4, 0.5) is 4.39 Å². The van der Waals surface area contributed by atoms with E-state index in [4.69, 9.17) is 16.3 Å². The quantitative estimate of drug-likeness (QED) is 0.402. The Hall–Kier alpha value is -2.75. The van der Waals surface area contributed by atoms with E-state index in [1.165, 1.54) is 24.4 Å². The summed E-state index contributed by atoms with van der Waals surface area (Å²) in [4.78, 5) is 19.4. The number of nitrogens with zero attached hydrogens (tertiary/aromatic N) is 3. The third-order valence-electron chi connectivity index (χ3n) is 6.55. The van der Waals surface area contributed by atoms with Crippen molar-refractivity contribution in [1.82, 2.24) is 14.5 Å². The Bertz CT molecular complexity index is 1370. The Morgan fingerprint density at radius 3 is 2.67 bits per heavy atom. The molecule has 0 unspecified atom stereocenters. The second-order valence-corrected chi connectivity index (χ2v) is 11.6. The second-order valence-electron chi connectivity index (χ2n) is 9.30. The first-order chi connectivity index (χ1) is 17.3. The van der Waals surface area contributed by atoms with Crippen molar-refractivity contribution in [3.05, 3.63) is 82.4 Å². The van der Waals surface area contributed by atoms with Gasteiger partial charge in [-0.25, -0.2) is 17.8 Å². The molecule has 2 aliphatic rings. The minimum Gasteiger partial charge on any atom is -0.376 e. The van der Waals surface area contributed by atoms with Crippen LogP contribution < -0.4 is 0 Å². The van der Waals surface area contributed by atoms with Gasteiger partial charge < -0.3 is 14.2 Å². The molecule has 1 aliphatic heterocycles. The van der Waals surface area contributed by atoms with Gasteiger partial charge in [0, 0.05) is 28.8 Å². The molecule has 7 nitrogen and oxygen atoms in total. The molecule has 2 heterocycles. The molecule has 10 heteroatoms. The standard InChI is InChI=1S/C26H27ClFN3O4S/c27-20-7-3-6-18(13-20)25(32)30(21-10-11-21)15-22-14-29-26(31(22)16-23-8-4-12-35-23)36(33,34)17-19-5-1-2-9-24(19)28/h1-3,5-7,9,13-14,21,23H,4,8,10-12,15-17H2/t23-/m1/s1.